The number of likely N-dealkylation sites (N-methyl/N-ethyl adjacent to an activating group) is 1. The van der Waals surface area contributed by atoms with Gasteiger partial charge in [0.15, 0.2) is 11.5 Å². The third-order valence-corrected chi connectivity index (χ3v) is 7.10. The molecule has 0 spiro atoms. The van der Waals surface area contributed by atoms with Crippen LogP contribution in [0.15, 0.2) is 24.3 Å². The van der Waals surface area contributed by atoms with Crippen molar-refractivity contribution in [1.29, 1.82) is 0 Å². The summed E-state index contributed by atoms with van der Waals surface area (Å²) >= 11 is 0. The van der Waals surface area contributed by atoms with Crippen LogP contribution < -0.4 is 16.4 Å². The Balaban J connectivity index is 1.44. The topological polar surface area (TPSA) is 120 Å². The van der Waals surface area contributed by atoms with E-state index in [0.29, 0.717) is 18.1 Å². The number of hydrogen-bond acceptors (Lipinski definition) is 8. The highest BCUT2D eigenvalue weighted by Crippen LogP contribution is 2.26. The minimum Gasteiger partial charge on any atom is -0.393 e. The van der Waals surface area contributed by atoms with Crippen LogP contribution in [-0.4, -0.2) is 82.7 Å². The average molecular weight is 482 g/mol. The minimum atomic E-state index is -0.606. The van der Waals surface area contributed by atoms with Crippen LogP contribution >= 0.6 is 0 Å². The third kappa shape index (κ3) is 6.90. The first-order valence-corrected chi connectivity index (χ1v) is 12.8. The van der Waals surface area contributed by atoms with Gasteiger partial charge in [-0.2, -0.15) is 0 Å². The maximum Gasteiger partial charge on any atom is 0.271 e. The van der Waals surface area contributed by atoms with E-state index in [1.165, 1.54) is 5.56 Å². The number of aliphatic hydroxyl groups excluding tert-OH is 1. The number of nitrogens with one attached hydrogen (secondary N) is 2. The number of aromatic nitrogens is 2. The molecular weight excluding hydrogens is 442 g/mol. The van der Waals surface area contributed by atoms with Gasteiger partial charge in [0.2, 0.25) is 0 Å². The Labute approximate surface area is 208 Å². The standard InChI is InChI=1S/C26H39N7O2/c1-3-22-25(28-20-8-10-21(34)11-9-20)31-26(23(30-22)24(27)35)29-19-6-4-18(5-7-19)12-13-33-16-14-32(2)15-17-33/h4-7,20-21,34H,3,8-17H2,1-2H3,(H2,27,35)(H2,28,29,31)/t20-,21-. The average Bonchev–Trinajstić information content (AvgIpc) is 2.86. The zero-order valence-corrected chi connectivity index (χ0v) is 21.0. The first kappa shape index (κ1) is 25.3. The Bertz CT molecular complexity index is 982. The van der Waals surface area contributed by atoms with Gasteiger partial charge in [0.25, 0.3) is 5.91 Å². The molecule has 35 heavy (non-hydrogen) atoms. The van der Waals surface area contributed by atoms with Crippen LogP contribution in [0.25, 0.3) is 0 Å². The van der Waals surface area contributed by atoms with Gasteiger partial charge >= 0.3 is 0 Å². The van der Waals surface area contributed by atoms with Gasteiger partial charge in [-0.3, -0.25) is 4.79 Å². The van der Waals surface area contributed by atoms with E-state index in [-0.39, 0.29) is 17.8 Å². The zero-order chi connectivity index (χ0) is 24.8. The van der Waals surface area contributed by atoms with Gasteiger partial charge in [0.05, 0.1) is 11.8 Å². The van der Waals surface area contributed by atoms with Crippen molar-refractivity contribution in [2.75, 3.05) is 50.4 Å². The Hall–Kier alpha value is -2.75. The molecule has 1 aromatic carbocycles. The van der Waals surface area contributed by atoms with Gasteiger partial charge < -0.3 is 31.3 Å². The Morgan fingerprint density at radius 3 is 2.37 bits per heavy atom. The predicted octanol–water partition coefficient (Wildman–Crippen LogP) is 2.39. The summed E-state index contributed by atoms with van der Waals surface area (Å²) in [5, 5.41) is 16.6. The number of rotatable bonds is 9. The van der Waals surface area contributed by atoms with Crippen molar-refractivity contribution in [3.63, 3.8) is 0 Å². The molecule has 1 aliphatic heterocycles. The third-order valence-electron chi connectivity index (χ3n) is 7.10. The van der Waals surface area contributed by atoms with Crippen LogP contribution in [0.2, 0.25) is 0 Å². The summed E-state index contributed by atoms with van der Waals surface area (Å²) in [5.41, 5.74) is 8.62. The summed E-state index contributed by atoms with van der Waals surface area (Å²) in [6.45, 7) is 7.54. The highest BCUT2D eigenvalue weighted by Gasteiger charge is 2.23. The molecule has 1 saturated heterocycles. The second-order valence-electron chi connectivity index (χ2n) is 9.80. The molecule has 0 radical (unpaired) electrons. The molecule has 0 atom stereocenters. The van der Waals surface area contributed by atoms with Crippen LogP contribution in [0.3, 0.4) is 0 Å². The fourth-order valence-corrected chi connectivity index (χ4v) is 4.75. The Morgan fingerprint density at radius 1 is 1.06 bits per heavy atom. The van der Waals surface area contributed by atoms with Crippen molar-refractivity contribution in [3.05, 3.63) is 41.2 Å². The van der Waals surface area contributed by atoms with Gasteiger partial charge in [0, 0.05) is 44.5 Å². The van der Waals surface area contributed by atoms with Crippen molar-refractivity contribution in [1.82, 2.24) is 19.8 Å². The summed E-state index contributed by atoms with van der Waals surface area (Å²) < 4.78 is 0. The quantitative estimate of drug-likeness (QED) is 0.431. The van der Waals surface area contributed by atoms with Crippen LogP contribution in [0, 0.1) is 0 Å². The molecule has 2 aromatic rings. The van der Waals surface area contributed by atoms with E-state index in [9.17, 15) is 9.90 Å². The van der Waals surface area contributed by atoms with Crippen molar-refractivity contribution in [2.45, 2.75) is 57.6 Å². The lowest BCUT2D eigenvalue weighted by molar-refractivity contribution is 0.0996. The molecule has 9 heteroatoms. The first-order chi connectivity index (χ1) is 16.9. The van der Waals surface area contributed by atoms with Gasteiger partial charge in [-0.15, -0.1) is 0 Å². The van der Waals surface area contributed by atoms with Crippen molar-refractivity contribution in [2.24, 2.45) is 5.73 Å². The number of primary amides is 1. The van der Waals surface area contributed by atoms with E-state index in [1.807, 2.05) is 19.1 Å². The van der Waals surface area contributed by atoms with E-state index in [0.717, 1.165) is 76.2 Å². The number of piperazine rings is 1. The monoisotopic (exact) mass is 481 g/mol. The lowest BCUT2D eigenvalue weighted by Gasteiger charge is -2.32. The molecule has 1 aliphatic carbocycles. The number of aryl methyl sites for hydroxylation is 1. The Morgan fingerprint density at radius 2 is 1.74 bits per heavy atom. The van der Waals surface area contributed by atoms with Gasteiger partial charge in [-0.1, -0.05) is 19.1 Å². The van der Waals surface area contributed by atoms with E-state index in [1.54, 1.807) is 0 Å². The number of carbonyl (C=O) groups excluding carboxylic acids is 1. The van der Waals surface area contributed by atoms with E-state index >= 15 is 0 Å². The maximum atomic E-state index is 12.2. The Kier molecular flexibility index (Phi) is 8.54. The molecule has 9 nitrogen and oxygen atoms in total. The first-order valence-electron chi connectivity index (χ1n) is 12.8. The second-order valence-corrected chi connectivity index (χ2v) is 9.80. The number of benzene rings is 1. The highest BCUT2D eigenvalue weighted by atomic mass is 16.3. The lowest BCUT2D eigenvalue weighted by atomic mass is 9.93. The molecule has 0 bridgehead atoms. The van der Waals surface area contributed by atoms with E-state index in [2.05, 4.69) is 44.6 Å². The lowest BCUT2D eigenvalue weighted by Crippen LogP contribution is -2.45. The summed E-state index contributed by atoms with van der Waals surface area (Å²) in [6, 6.07) is 8.47. The van der Waals surface area contributed by atoms with E-state index in [4.69, 9.17) is 10.7 Å². The fraction of sp³-hybridized carbons (Fsp3) is 0.577. The number of nitrogens with two attached hydrogens (primary N) is 1. The van der Waals surface area contributed by atoms with Crippen LogP contribution in [0.1, 0.15) is 54.4 Å². The molecule has 5 N–H and O–H groups in total. The number of anilines is 3. The normalized spacial score (nSPS) is 21.6. The predicted molar refractivity (Wildman–Crippen MR) is 139 cm³/mol. The second kappa shape index (κ2) is 11.8. The zero-order valence-electron chi connectivity index (χ0n) is 21.0. The van der Waals surface area contributed by atoms with Crippen LogP contribution in [0.4, 0.5) is 17.3 Å². The van der Waals surface area contributed by atoms with Crippen molar-refractivity contribution < 1.29 is 9.90 Å². The molecule has 1 aromatic heterocycles. The maximum absolute atomic E-state index is 12.2. The fourth-order valence-electron chi connectivity index (χ4n) is 4.75. The minimum absolute atomic E-state index is 0.144. The number of hydrogen-bond donors (Lipinski definition) is 4. The van der Waals surface area contributed by atoms with E-state index < -0.39 is 5.91 Å². The summed E-state index contributed by atoms with van der Waals surface area (Å²) in [4.78, 5) is 26.3. The summed E-state index contributed by atoms with van der Waals surface area (Å²) in [7, 11) is 2.17. The van der Waals surface area contributed by atoms with Gasteiger partial charge in [-0.05, 0) is 63.3 Å². The summed E-state index contributed by atoms with van der Waals surface area (Å²) in [5.74, 6) is 0.425. The number of amides is 1. The molecule has 1 amide bonds. The SMILES string of the molecule is CCc1nc(C(N)=O)c(Nc2ccc(CCN3CCN(C)CC3)cc2)nc1N[C@H]1CC[C@H](O)CC1. The number of nitrogens with zero attached hydrogens (tertiary/aromatic N) is 4. The van der Waals surface area contributed by atoms with Crippen LogP contribution in [-0.2, 0) is 12.8 Å². The number of carbonyl (C=O) groups is 1. The van der Waals surface area contributed by atoms with Crippen molar-refractivity contribution in [3.8, 4) is 0 Å². The van der Waals surface area contributed by atoms with Gasteiger partial charge in [0.1, 0.15) is 5.82 Å². The molecule has 190 valence electrons. The molecular formula is C26H39N7O2. The number of aliphatic hydroxyl groups is 1. The molecule has 1 saturated carbocycles. The highest BCUT2D eigenvalue weighted by molar-refractivity contribution is 5.96. The molecule has 0 unspecified atom stereocenters. The molecule has 4 rings (SSSR count). The largest absolute Gasteiger partial charge is 0.393 e. The van der Waals surface area contributed by atoms with Crippen molar-refractivity contribution >= 4 is 23.2 Å². The van der Waals surface area contributed by atoms with Crippen LogP contribution in [0.5, 0.6) is 0 Å². The molecule has 2 heterocycles. The summed E-state index contributed by atoms with van der Waals surface area (Å²) in [6.07, 6.45) is 4.72. The smallest absolute Gasteiger partial charge is 0.271 e. The van der Waals surface area contributed by atoms with Gasteiger partial charge in [-0.25, -0.2) is 9.97 Å². The molecule has 2 aliphatic rings. The molecule has 2 fully saturated rings.